The van der Waals surface area contributed by atoms with Crippen LogP contribution in [0.25, 0.3) is 33.6 Å². The van der Waals surface area contributed by atoms with Crippen molar-refractivity contribution in [3.63, 3.8) is 0 Å². The number of fused-ring (bicyclic) bond motifs is 4. The van der Waals surface area contributed by atoms with E-state index in [9.17, 15) is 0 Å². The summed E-state index contributed by atoms with van der Waals surface area (Å²) in [6.07, 6.45) is 3.74. The number of aryl methyl sites for hydroxylation is 3. The van der Waals surface area contributed by atoms with E-state index in [4.69, 9.17) is 9.47 Å². The van der Waals surface area contributed by atoms with Crippen molar-refractivity contribution in [3.05, 3.63) is 163 Å². The van der Waals surface area contributed by atoms with E-state index in [1.165, 1.54) is 27.8 Å². The first-order valence-corrected chi connectivity index (χ1v) is 16.1. The van der Waals surface area contributed by atoms with Crippen molar-refractivity contribution >= 4 is 23.1 Å². The van der Waals surface area contributed by atoms with Crippen LogP contribution in [-0.2, 0) is 20.1 Å². The Morgan fingerprint density at radius 3 is 2.18 bits per heavy atom. The number of ether oxygens (including phenoxy) is 2. The molecule has 0 amide bonds. The summed E-state index contributed by atoms with van der Waals surface area (Å²) in [4.78, 5) is 9.07. The molecule has 0 atom stereocenters. The quantitative estimate of drug-likeness (QED) is 0.133. The predicted molar refractivity (Wildman–Crippen MR) is 194 cm³/mol. The smallest absolute Gasteiger partial charge is 0.241 e. The topological polar surface area (TPSA) is 44.2 Å². The zero-order valence-electron chi connectivity index (χ0n) is 27.3. The third kappa shape index (κ3) is 6.10. The normalized spacial score (nSPS) is 11.7. The summed E-state index contributed by atoms with van der Waals surface area (Å²) < 4.78 is 12.5. The van der Waals surface area contributed by atoms with Crippen LogP contribution in [0.4, 0.5) is 0 Å². The fourth-order valence-electron chi connectivity index (χ4n) is 6.54. The molecule has 0 fully saturated rings. The second-order valence-corrected chi connectivity index (χ2v) is 12.2. The third-order valence-corrected chi connectivity index (χ3v) is 8.97. The number of nitrogens with zero attached hydrogens (tertiary/aromatic N) is 2. The van der Waals surface area contributed by atoms with Crippen LogP contribution in [0.1, 0.15) is 16.7 Å². The van der Waals surface area contributed by atoms with Gasteiger partial charge in [0.1, 0.15) is 17.2 Å². The second-order valence-electron chi connectivity index (χ2n) is 12.2. The van der Waals surface area contributed by atoms with Gasteiger partial charge in [0.25, 0.3) is 0 Å². The molecule has 7 aromatic rings. The third-order valence-electron chi connectivity index (χ3n) is 8.97. The van der Waals surface area contributed by atoms with Crippen molar-refractivity contribution in [1.82, 2.24) is 9.97 Å². The van der Waals surface area contributed by atoms with Crippen LogP contribution in [0.3, 0.4) is 0 Å². The Bertz CT molecular complexity index is 2290. The van der Waals surface area contributed by atoms with Crippen molar-refractivity contribution in [2.24, 2.45) is 0 Å². The Kier molecular flexibility index (Phi) is 9.01. The summed E-state index contributed by atoms with van der Waals surface area (Å²) in [5, 5.41) is 0. The average Bonchev–Trinajstić information content (AvgIpc) is 3.13. The minimum Gasteiger partial charge on any atom is -0.503 e. The molecule has 9 rings (SSSR count). The molecule has 0 saturated carbocycles. The van der Waals surface area contributed by atoms with Crippen LogP contribution in [0.15, 0.2) is 134 Å². The van der Waals surface area contributed by atoms with E-state index in [0.29, 0.717) is 0 Å². The van der Waals surface area contributed by atoms with E-state index in [1.807, 2.05) is 66.9 Å². The first kappa shape index (κ1) is 32.3. The average molecular weight is 811 g/mol. The Labute approximate surface area is 301 Å². The van der Waals surface area contributed by atoms with Gasteiger partial charge in [0.05, 0.1) is 0 Å². The second kappa shape index (κ2) is 13.7. The Hall–Kier alpha value is -5.29. The predicted octanol–water partition coefficient (Wildman–Crippen LogP) is 8.41. The summed E-state index contributed by atoms with van der Waals surface area (Å²) >= 11 is 0. The van der Waals surface area contributed by atoms with Crippen LogP contribution in [0.2, 0.25) is 0 Å². The van der Waals surface area contributed by atoms with E-state index in [2.05, 4.69) is 104 Å². The van der Waals surface area contributed by atoms with Crippen molar-refractivity contribution in [1.29, 1.82) is 0 Å². The maximum absolute atomic E-state index is 6.37. The molecule has 0 bridgehead atoms. The molecule has 4 heterocycles. The van der Waals surface area contributed by atoms with Gasteiger partial charge < -0.3 is 19.4 Å². The van der Waals surface area contributed by atoms with Gasteiger partial charge in [0.2, 0.25) is 6.71 Å². The van der Waals surface area contributed by atoms with Gasteiger partial charge in [-0.2, -0.15) is 0 Å². The standard InChI is InChI=1S/C23H13BNO2.C20H18N.Ir/c1-2-11-19-16(8-1)24-17-9-5-7-15(18-10-3-4-14-25-18)23(17)27-21-13-6-12-20(26-19)22(21)24;1-14-8-10-17(11-9-14)20-12-19(16(3)13-21-20)18-7-5-4-6-15(18)2;/h1-6,8-14H;4-10,12-13H,1-3H3;/q2*-1;. The minimum atomic E-state index is 0. The molecule has 2 aromatic heterocycles. The maximum atomic E-state index is 6.37. The van der Waals surface area contributed by atoms with E-state index >= 15 is 0 Å². The Morgan fingerprint density at radius 1 is 0.612 bits per heavy atom. The largest absolute Gasteiger partial charge is 0.503 e. The molecular weight excluding hydrogens is 780 g/mol. The van der Waals surface area contributed by atoms with Crippen molar-refractivity contribution < 1.29 is 29.6 Å². The molecule has 239 valence electrons. The van der Waals surface area contributed by atoms with Crippen molar-refractivity contribution in [3.8, 4) is 56.6 Å². The van der Waals surface area contributed by atoms with Crippen LogP contribution in [-0.4, -0.2) is 16.7 Å². The van der Waals surface area contributed by atoms with Crippen molar-refractivity contribution in [2.75, 3.05) is 0 Å². The van der Waals surface area contributed by atoms with Gasteiger partial charge in [-0.25, -0.2) is 0 Å². The summed E-state index contributed by atoms with van der Waals surface area (Å²) in [5.41, 5.74) is 13.3. The number of hydrogen-bond donors (Lipinski definition) is 0. The van der Waals surface area contributed by atoms with Crippen molar-refractivity contribution in [2.45, 2.75) is 20.8 Å². The first-order valence-electron chi connectivity index (χ1n) is 16.1. The van der Waals surface area contributed by atoms with E-state index in [1.54, 1.807) is 6.20 Å². The first-order chi connectivity index (χ1) is 23.5. The minimum absolute atomic E-state index is 0. The van der Waals surface area contributed by atoms with Crippen LogP contribution in [0.5, 0.6) is 23.0 Å². The Balaban J connectivity index is 0.000000156. The number of pyridine rings is 2. The summed E-state index contributed by atoms with van der Waals surface area (Å²) in [7, 11) is 0. The molecule has 49 heavy (non-hydrogen) atoms. The van der Waals surface area contributed by atoms with Gasteiger partial charge in [-0.1, -0.05) is 79.2 Å². The molecule has 2 aliphatic rings. The zero-order chi connectivity index (χ0) is 32.6. The number of benzene rings is 5. The fourth-order valence-corrected chi connectivity index (χ4v) is 6.54. The van der Waals surface area contributed by atoms with Gasteiger partial charge in [0, 0.05) is 43.7 Å². The van der Waals surface area contributed by atoms with E-state index in [0.717, 1.165) is 61.9 Å². The monoisotopic (exact) mass is 811 g/mol. The summed E-state index contributed by atoms with van der Waals surface area (Å²) in [5.74, 6) is 3.40. The molecule has 5 aromatic carbocycles. The van der Waals surface area contributed by atoms with Gasteiger partial charge in [-0.15, -0.1) is 59.1 Å². The van der Waals surface area contributed by atoms with Crippen LogP contribution < -0.4 is 25.9 Å². The molecule has 0 aliphatic carbocycles. The molecule has 0 spiro atoms. The van der Waals surface area contributed by atoms with Gasteiger partial charge in [-0.3, -0.25) is 0 Å². The molecule has 6 heteroatoms. The number of rotatable bonds is 3. The van der Waals surface area contributed by atoms with Crippen LogP contribution in [0, 0.1) is 32.9 Å². The molecule has 2 aliphatic heterocycles. The Morgan fingerprint density at radius 2 is 1.39 bits per heavy atom. The molecule has 1 radical (unpaired) electrons. The van der Waals surface area contributed by atoms with Gasteiger partial charge in [-0.05, 0) is 77.2 Å². The van der Waals surface area contributed by atoms with Crippen LogP contribution >= 0.6 is 0 Å². The fraction of sp³-hybridized carbons (Fsp3) is 0.0698. The number of para-hydroxylation sites is 1. The molecule has 4 nitrogen and oxygen atoms in total. The summed E-state index contributed by atoms with van der Waals surface area (Å²) in [6, 6.07) is 47.6. The van der Waals surface area contributed by atoms with E-state index in [-0.39, 0.29) is 26.8 Å². The molecule has 0 N–H and O–H groups in total. The number of hydrogen-bond acceptors (Lipinski definition) is 4. The zero-order valence-corrected chi connectivity index (χ0v) is 29.7. The maximum Gasteiger partial charge on any atom is 0.241 e. The van der Waals surface area contributed by atoms with Gasteiger partial charge >= 0.3 is 0 Å². The number of aromatic nitrogens is 2. The van der Waals surface area contributed by atoms with E-state index < -0.39 is 0 Å². The van der Waals surface area contributed by atoms with Gasteiger partial charge in [0.15, 0.2) is 0 Å². The molecule has 0 saturated heterocycles. The SMILES string of the molecule is Cc1c[c-]c(-c2cc(-c3ccccc3C)c(C)cn2)cc1.[Ir].[c-]1ccc2c(c1-c1ccccn1)Oc1cccc3c1B2c1ccccc1O3. The molecular formula is C43H31BIrN2O2-2. The summed E-state index contributed by atoms with van der Waals surface area (Å²) in [6.45, 7) is 6.40. The molecule has 0 unspecified atom stereocenters.